The molecule has 2 aromatic rings. The molecule has 1 aromatic heterocycles. The second-order valence-electron chi connectivity index (χ2n) is 5.92. The van der Waals surface area contributed by atoms with Crippen molar-refractivity contribution in [1.29, 1.82) is 0 Å². The van der Waals surface area contributed by atoms with E-state index < -0.39 is 0 Å². The first-order valence-electron chi connectivity index (χ1n) is 7.58. The summed E-state index contributed by atoms with van der Waals surface area (Å²) in [7, 11) is 0. The molecule has 116 valence electrons. The van der Waals surface area contributed by atoms with E-state index in [0.717, 1.165) is 42.9 Å². The molecule has 5 heteroatoms. The summed E-state index contributed by atoms with van der Waals surface area (Å²) in [6, 6.07) is 7.17. The number of phenolic OH excluding ortho intramolecular Hbond substituents is 1. The van der Waals surface area contributed by atoms with Gasteiger partial charge < -0.3 is 20.7 Å². The van der Waals surface area contributed by atoms with Gasteiger partial charge in [0.15, 0.2) is 5.43 Å². The van der Waals surface area contributed by atoms with E-state index in [9.17, 15) is 9.90 Å². The maximum atomic E-state index is 12.4. The lowest BCUT2D eigenvalue weighted by Gasteiger charge is -2.31. The van der Waals surface area contributed by atoms with E-state index in [1.165, 1.54) is 0 Å². The number of nitrogens with zero attached hydrogens (tertiary/aromatic N) is 1. The molecule has 0 bridgehead atoms. The molecule has 2 heterocycles. The number of hydrogen-bond donors (Lipinski definition) is 3. The summed E-state index contributed by atoms with van der Waals surface area (Å²) in [4.78, 5) is 17.7. The first-order valence-corrected chi connectivity index (χ1v) is 7.58. The zero-order valence-corrected chi connectivity index (χ0v) is 12.7. The molecular weight excluding hydrogens is 278 g/mol. The third-order valence-corrected chi connectivity index (χ3v) is 4.30. The van der Waals surface area contributed by atoms with E-state index in [1.807, 2.05) is 19.1 Å². The van der Waals surface area contributed by atoms with E-state index in [2.05, 4.69) is 9.88 Å². The Morgan fingerprint density at radius 2 is 2.00 bits per heavy atom. The predicted octanol–water partition coefficient (Wildman–Crippen LogP) is 1.98. The summed E-state index contributed by atoms with van der Waals surface area (Å²) >= 11 is 0. The molecule has 3 rings (SSSR count). The maximum absolute atomic E-state index is 12.4. The summed E-state index contributed by atoms with van der Waals surface area (Å²) in [6.45, 7) is 3.55. The monoisotopic (exact) mass is 299 g/mol. The molecule has 0 saturated carbocycles. The molecule has 0 amide bonds. The highest BCUT2D eigenvalue weighted by Gasteiger charge is 2.17. The van der Waals surface area contributed by atoms with Crippen LogP contribution in [0.4, 0.5) is 5.82 Å². The van der Waals surface area contributed by atoms with Crippen LogP contribution in [-0.2, 0) is 0 Å². The molecule has 5 nitrogen and oxygen atoms in total. The number of nitrogens with one attached hydrogen (secondary N) is 1. The van der Waals surface area contributed by atoms with Crippen molar-refractivity contribution in [1.82, 2.24) is 4.98 Å². The summed E-state index contributed by atoms with van der Waals surface area (Å²) in [5.41, 5.74) is 7.93. The number of piperidine rings is 1. The van der Waals surface area contributed by atoms with Crippen LogP contribution in [0.1, 0.15) is 18.4 Å². The average Bonchev–Trinajstić information content (AvgIpc) is 2.51. The number of pyridine rings is 1. The van der Waals surface area contributed by atoms with Crippen LogP contribution in [0.3, 0.4) is 0 Å². The first-order chi connectivity index (χ1) is 10.5. The van der Waals surface area contributed by atoms with Crippen LogP contribution in [0.5, 0.6) is 5.75 Å². The largest absolute Gasteiger partial charge is 0.508 e. The topological polar surface area (TPSA) is 82.3 Å². The van der Waals surface area contributed by atoms with Crippen molar-refractivity contribution in [2.45, 2.75) is 25.8 Å². The van der Waals surface area contributed by atoms with Crippen LogP contribution >= 0.6 is 0 Å². The summed E-state index contributed by atoms with van der Waals surface area (Å²) in [6.07, 6.45) is 3.60. The molecule has 0 radical (unpaired) electrons. The number of H-pyrrole nitrogens is 1. The Morgan fingerprint density at radius 1 is 1.27 bits per heavy atom. The number of aromatic hydroxyl groups is 1. The minimum atomic E-state index is -0.0492. The standard InChI is InChI=1S/C17H21N3O2/c1-11-2-3-12(8-15(11)21)14-10-19-17(9-16(14)22)20-6-4-13(18)5-7-20/h2-3,8-10,13,21H,4-7,18H2,1H3,(H,19,22). The van der Waals surface area contributed by atoms with Crippen molar-refractivity contribution < 1.29 is 5.11 Å². The smallest absolute Gasteiger partial charge is 0.191 e. The molecule has 1 fully saturated rings. The van der Waals surface area contributed by atoms with Crippen molar-refractivity contribution in [2.75, 3.05) is 18.0 Å². The van der Waals surface area contributed by atoms with Crippen molar-refractivity contribution >= 4 is 5.82 Å². The van der Waals surface area contributed by atoms with Crippen molar-refractivity contribution in [3.8, 4) is 16.9 Å². The lowest BCUT2D eigenvalue weighted by molar-refractivity contribution is 0.471. The van der Waals surface area contributed by atoms with Gasteiger partial charge in [-0.05, 0) is 37.0 Å². The SMILES string of the molecule is Cc1ccc(-c2c[nH]c(N3CCC(N)CC3)cc2=O)cc1O. The van der Waals surface area contributed by atoms with Gasteiger partial charge in [0.1, 0.15) is 11.6 Å². The van der Waals surface area contributed by atoms with Crippen molar-refractivity contribution in [3.63, 3.8) is 0 Å². The Balaban J connectivity index is 1.89. The van der Waals surface area contributed by atoms with Gasteiger partial charge in [0.2, 0.25) is 0 Å². The molecule has 0 unspecified atom stereocenters. The van der Waals surface area contributed by atoms with E-state index in [1.54, 1.807) is 18.3 Å². The fourth-order valence-corrected chi connectivity index (χ4v) is 2.79. The van der Waals surface area contributed by atoms with Crippen LogP contribution < -0.4 is 16.1 Å². The van der Waals surface area contributed by atoms with Gasteiger partial charge in [-0.3, -0.25) is 4.79 Å². The Kier molecular flexibility index (Phi) is 3.90. The summed E-state index contributed by atoms with van der Waals surface area (Å²) < 4.78 is 0. The second-order valence-corrected chi connectivity index (χ2v) is 5.92. The molecule has 1 aliphatic rings. The molecule has 1 saturated heterocycles. The predicted molar refractivity (Wildman–Crippen MR) is 88.3 cm³/mol. The lowest BCUT2D eigenvalue weighted by Crippen LogP contribution is -2.40. The quantitative estimate of drug-likeness (QED) is 0.792. The number of benzene rings is 1. The normalized spacial score (nSPS) is 16.0. The Hall–Kier alpha value is -2.27. The number of nitrogens with two attached hydrogens (primary N) is 1. The molecule has 0 atom stereocenters. The van der Waals surface area contributed by atoms with E-state index >= 15 is 0 Å². The average molecular weight is 299 g/mol. The zero-order valence-electron chi connectivity index (χ0n) is 12.7. The van der Waals surface area contributed by atoms with Gasteiger partial charge in [0, 0.05) is 37.0 Å². The van der Waals surface area contributed by atoms with Gasteiger partial charge in [-0.15, -0.1) is 0 Å². The molecule has 4 N–H and O–H groups in total. The van der Waals surface area contributed by atoms with Gasteiger partial charge in [0.05, 0.1) is 0 Å². The zero-order chi connectivity index (χ0) is 15.7. The molecular formula is C17H21N3O2. The number of rotatable bonds is 2. The third kappa shape index (κ3) is 2.85. The second kappa shape index (κ2) is 5.85. The molecule has 0 aliphatic carbocycles. The highest BCUT2D eigenvalue weighted by molar-refractivity contribution is 5.66. The van der Waals surface area contributed by atoms with Crippen molar-refractivity contribution in [3.05, 3.63) is 46.2 Å². The number of aryl methyl sites for hydroxylation is 1. The minimum Gasteiger partial charge on any atom is -0.508 e. The fraction of sp³-hybridized carbons (Fsp3) is 0.353. The van der Waals surface area contributed by atoms with Crippen molar-refractivity contribution in [2.24, 2.45) is 5.73 Å². The van der Waals surface area contributed by atoms with Crippen LogP contribution in [0.25, 0.3) is 11.1 Å². The fourth-order valence-electron chi connectivity index (χ4n) is 2.79. The van der Waals surface area contributed by atoms with Crippen LogP contribution in [-0.4, -0.2) is 29.2 Å². The highest BCUT2D eigenvalue weighted by Crippen LogP contribution is 2.24. The first kappa shape index (κ1) is 14.7. The number of phenols is 1. The lowest BCUT2D eigenvalue weighted by atomic mass is 10.0. The minimum absolute atomic E-state index is 0.0492. The number of hydrogen-bond acceptors (Lipinski definition) is 4. The molecule has 1 aromatic carbocycles. The molecule has 0 spiro atoms. The van der Waals surface area contributed by atoms with Gasteiger partial charge in [-0.25, -0.2) is 0 Å². The Labute approximate surface area is 129 Å². The highest BCUT2D eigenvalue weighted by atomic mass is 16.3. The summed E-state index contributed by atoms with van der Waals surface area (Å²) in [5, 5.41) is 9.80. The van der Waals surface area contributed by atoms with E-state index in [0.29, 0.717) is 5.56 Å². The molecule has 22 heavy (non-hydrogen) atoms. The van der Waals surface area contributed by atoms with Gasteiger partial charge in [-0.2, -0.15) is 0 Å². The number of aromatic nitrogens is 1. The van der Waals surface area contributed by atoms with Gasteiger partial charge in [0.25, 0.3) is 0 Å². The van der Waals surface area contributed by atoms with Crippen LogP contribution in [0.2, 0.25) is 0 Å². The van der Waals surface area contributed by atoms with E-state index in [4.69, 9.17) is 5.73 Å². The summed E-state index contributed by atoms with van der Waals surface area (Å²) in [5.74, 6) is 1.03. The number of anilines is 1. The Bertz CT molecular complexity index is 731. The van der Waals surface area contributed by atoms with Crippen LogP contribution in [0, 0.1) is 6.92 Å². The van der Waals surface area contributed by atoms with Gasteiger partial charge >= 0.3 is 0 Å². The number of aromatic amines is 1. The maximum Gasteiger partial charge on any atom is 0.191 e. The molecule has 1 aliphatic heterocycles. The van der Waals surface area contributed by atoms with Crippen LogP contribution in [0.15, 0.2) is 35.3 Å². The van der Waals surface area contributed by atoms with E-state index in [-0.39, 0.29) is 17.2 Å². The van der Waals surface area contributed by atoms with Gasteiger partial charge in [-0.1, -0.05) is 12.1 Å². The third-order valence-electron chi connectivity index (χ3n) is 4.30. The Morgan fingerprint density at radius 3 is 2.64 bits per heavy atom.